The highest BCUT2D eigenvalue weighted by Crippen LogP contribution is 1.99. The standard InChI is InChI=1S/C8H16N2O2/c11-7-5-9-1-2-10(4-3-9)6-8-12/h7,12H,1-6,8H2/i5D. The van der Waals surface area contributed by atoms with Crippen molar-refractivity contribution in [1.29, 1.82) is 0 Å². The fraction of sp³-hybridized carbons (Fsp3) is 0.875. The molecule has 4 heteroatoms. The Bertz CT molecular complexity index is 160. The Kier molecular flexibility index (Phi) is 3.56. The van der Waals surface area contributed by atoms with E-state index in [2.05, 4.69) is 4.90 Å². The molecule has 1 aliphatic rings. The topological polar surface area (TPSA) is 43.8 Å². The predicted octanol–water partition coefficient (Wildman–Crippen LogP) is -1.20. The van der Waals surface area contributed by atoms with Gasteiger partial charge >= 0.3 is 0 Å². The van der Waals surface area contributed by atoms with Crippen LogP contribution in [-0.2, 0) is 4.79 Å². The Morgan fingerprint density at radius 3 is 2.42 bits per heavy atom. The number of carbonyl (C=O) groups is 1. The lowest BCUT2D eigenvalue weighted by Gasteiger charge is -2.33. The molecule has 0 amide bonds. The van der Waals surface area contributed by atoms with Crippen molar-refractivity contribution >= 4 is 6.29 Å². The minimum absolute atomic E-state index is 0.179. The number of aliphatic hydroxyl groups is 1. The maximum Gasteiger partial charge on any atom is 0.133 e. The van der Waals surface area contributed by atoms with Gasteiger partial charge in [-0.1, -0.05) is 0 Å². The molecule has 0 spiro atoms. The highest BCUT2D eigenvalue weighted by atomic mass is 16.3. The molecular weight excluding hydrogens is 156 g/mol. The van der Waals surface area contributed by atoms with Gasteiger partial charge in [0.05, 0.1) is 14.5 Å². The summed E-state index contributed by atoms with van der Waals surface area (Å²) in [6.07, 6.45) is 0.654. The van der Waals surface area contributed by atoms with E-state index < -0.39 is 6.52 Å². The zero-order valence-electron chi connectivity index (χ0n) is 8.15. The van der Waals surface area contributed by atoms with Crippen molar-refractivity contribution in [2.75, 3.05) is 45.9 Å². The minimum Gasteiger partial charge on any atom is -0.395 e. The summed E-state index contributed by atoms with van der Waals surface area (Å²) in [5.41, 5.74) is 0. The number of aliphatic hydroxyl groups excluding tert-OH is 1. The molecule has 0 aromatic rings. The van der Waals surface area contributed by atoms with Gasteiger partial charge in [-0.05, 0) is 0 Å². The smallest absolute Gasteiger partial charge is 0.133 e. The van der Waals surface area contributed by atoms with Crippen LogP contribution in [0.2, 0.25) is 0 Å². The maximum atomic E-state index is 10.3. The van der Waals surface area contributed by atoms with Crippen LogP contribution in [0.5, 0.6) is 0 Å². The Morgan fingerprint density at radius 1 is 1.33 bits per heavy atom. The first kappa shape index (κ1) is 8.16. The summed E-state index contributed by atoms with van der Waals surface area (Å²) < 4.78 is 7.37. The van der Waals surface area contributed by atoms with Crippen LogP contribution in [0.1, 0.15) is 1.37 Å². The maximum absolute atomic E-state index is 10.3. The first-order valence-corrected chi connectivity index (χ1v) is 4.22. The molecule has 1 atom stereocenters. The second kappa shape index (κ2) is 5.24. The van der Waals surface area contributed by atoms with Gasteiger partial charge in [0.1, 0.15) is 6.29 Å². The zero-order chi connectivity index (χ0) is 9.68. The van der Waals surface area contributed by atoms with Gasteiger partial charge in [-0.3, -0.25) is 9.80 Å². The lowest BCUT2D eigenvalue weighted by Crippen LogP contribution is -2.47. The first-order valence-electron chi connectivity index (χ1n) is 4.80. The highest BCUT2D eigenvalue weighted by Gasteiger charge is 2.14. The van der Waals surface area contributed by atoms with Crippen molar-refractivity contribution in [3.63, 3.8) is 0 Å². The number of nitrogens with zero attached hydrogens (tertiary/aromatic N) is 2. The average molecular weight is 173 g/mol. The monoisotopic (exact) mass is 173 g/mol. The van der Waals surface area contributed by atoms with E-state index in [0.717, 1.165) is 26.2 Å². The van der Waals surface area contributed by atoms with E-state index in [0.29, 0.717) is 12.8 Å². The van der Waals surface area contributed by atoms with Gasteiger partial charge in [-0.15, -0.1) is 0 Å². The molecule has 1 N–H and O–H groups in total. The van der Waals surface area contributed by atoms with Crippen molar-refractivity contribution in [2.24, 2.45) is 0 Å². The molecule has 70 valence electrons. The molecule has 1 fully saturated rings. The largest absolute Gasteiger partial charge is 0.395 e. The van der Waals surface area contributed by atoms with E-state index >= 15 is 0 Å². The van der Waals surface area contributed by atoms with Gasteiger partial charge in [0, 0.05) is 32.7 Å². The lowest BCUT2D eigenvalue weighted by atomic mass is 10.3. The normalized spacial score (nSPS) is 24.9. The summed E-state index contributed by atoms with van der Waals surface area (Å²) in [7, 11) is 0. The van der Waals surface area contributed by atoms with Crippen molar-refractivity contribution in [2.45, 2.75) is 0 Å². The number of piperazine rings is 1. The summed E-state index contributed by atoms with van der Waals surface area (Å²) in [4.78, 5) is 14.3. The molecule has 0 aromatic heterocycles. The summed E-state index contributed by atoms with van der Waals surface area (Å²) in [5, 5.41) is 8.69. The molecule has 0 saturated carbocycles. The van der Waals surface area contributed by atoms with Gasteiger partial charge in [-0.25, -0.2) is 0 Å². The molecule has 0 bridgehead atoms. The number of aldehydes is 1. The van der Waals surface area contributed by atoms with Crippen molar-refractivity contribution in [3.05, 3.63) is 0 Å². The van der Waals surface area contributed by atoms with E-state index in [1.54, 1.807) is 0 Å². The van der Waals surface area contributed by atoms with Gasteiger partial charge in [-0.2, -0.15) is 0 Å². The van der Waals surface area contributed by atoms with Gasteiger partial charge in [0.25, 0.3) is 0 Å². The van der Waals surface area contributed by atoms with Gasteiger partial charge in [0.15, 0.2) is 0 Å². The summed E-state index contributed by atoms with van der Waals surface area (Å²) >= 11 is 0. The molecule has 1 rings (SSSR count). The molecule has 1 unspecified atom stereocenters. The molecule has 1 heterocycles. The van der Waals surface area contributed by atoms with Crippen LogP contribution in [0, 0.1) is 0 Å². The van der Waals surface area contributed by atoms with Crippen LogP contribution in [0.4, 0.5) is 0 Å². The SMILES string of the molecule is [2H]C(C=O)N1CCN(CCO)CC1. The van der Waals surface area contributed by atoms with E-state index in [1.807, 2.05) is 4.90 Å². The van der Waals surface area contributed by atoms with Crippen molar-refractivity contribution in [1.82, 2.24) is 9.80 Å². The van der Waals surface area contributed by atoms with Crippen molar-refractivity contribution < 1.29 is 11.3 Å². The van der Waals surface area contributed by atoms with Crippen LogP contribution in [0.25, 0.3) is 0 Å². The number of carbonyl (C=O) groups excluding carboxylic acids is 1. The molecular formula is C8H16N2O2. The third-order valence-corrected chi connectivity index (χ3v) is 2.09. The number of β-amino-alcohol motifs (C(OH)–C–C–N with tert-alkyl or cyclic N) is 1. The number of rotatable bonds is 4. The van der Waals surface area contributed by atoms with E-state index in [4.69, 9.17) is 6.48 Å². The Balaban J connectivity index is 2.26. The molecule has 1 aliphatic heterocycles. The lowest BCUT2D eigenvalue weighted by molar-refractivity contribution is -0.109. The summed E-state index contributed by atoms with van der Waals surface area (Å²) in [5.74, 6) is 0. The van der Waals surface area contributed by atoms with Gasteiger partial charge < -0.3 is 9.90 Å². The first-order chi connectivity index (χ1) is 6.27. The third kappa shape index (κ3) is 2.89. The fourth-order valence-electron chi connectivity index (χ4n) is 1.36. The predicted molar refractivity (Wildman–Crippen MR) is 46.0 cm³/mol. The number of hydrogen-bond acceptors (Lipinski definition) is 4. The second-order valence-electron chi connectivity index (χ2n) is 2.89. The van der Waals surface area contributed by atoms with Crippen LogP contribution in [-0.4, -0.2) is 67.0 Å². The minimum atomic E-state index is -0.712. The van der Waals surface area contributed by atoms with Crippen LogP contribution >= 0.6 is 0 Å². The summed E-state index contributed by atoms with van der Waals surface area (Å²) in [6.45, 7) is 3.32. The van der Waals surface area contributed by atoms with E-state index in [1.165, 1.54) is 0 Å². The van der Waals surface area contributed by atoms with E-state index in [9.17, 15) is 4.79 Å². The molecule has 1 saturated heterocycles. The highest BCUT2D eigenvalue weighted by molar-refractivity contribution is 5.51. The molecule has 0 aromatic carbocycles. The summed E-state index contributed by atoms with van der Waals surface area (Å²) in [6, 6.07) is 0. The molecule has 0 radical (unpaired) electrons. The van der Waals surface area contributed by atoms with Crippen LogP contribution in [0.15, 0.2) is 0 Å². The Hall–Kier alpha value is -0.450. The van der Waals surface area contributed by atoms with Crippen LogP contribution in [0.3, 0.4) is 0 Å². The average Bonchev–Trinajstić information content (AvgIpc) is 2.18. The quantitative estimate of drug-likeness (QED) is 0.542. The fourth-order valence-corrected chi connectivity index (χ4v) is 1.36. The Morgan fingerprint density at radius 2 is 1.92 bits per heavy atom. The van der Waals surface area contributed by atoms with Gasteiger partial charge in [0.2, 0.25) is 0 Å². The Labute approximate surface area is 74.2 Å². The van der Waals surface area contributed by atoms with E-state index in [-0.39, 0.29) is 6.61 Å². The molecule has 0 aliphatic carbocycles. The van der Waals surface area contributed by atoms with Crippen molar-refractivity contribution in [3.8, 4) is 0 Å². The zero-order valence-corrected chi connectivity index (χ0v) is 7.15. The molecule has 12 heavy (non-hydrogen) atoms. The number of hydrogen-bond donors (Lipinski definition) is 1. The molecule has 4 nitrogen and oxygen atoms in total. The van der Waals surface area contributed by atoms with Crippen LogP contribution < -0.4 is 0 Å². The second-order valence-corrected chi connectivity index (χ2v) is 2.89. The third-order valence-electron chi connectivity index (χ3n) is 2.09.